The van der Waals surface area contributed by atoms with Crippen LogP contribution in [-0.2, 0) is 22.5 Å². The van der Waals surface area contributed by atoms with Crippen molar-refractivity contribution in [3.8, 4) is 16.9 Å². The number of carboxylic acid groups (broad SMARTS) is 1. The lowest BCUT2D eigenvalue weighted by Gasteiger charge is -2.41. The maximum Gasteiger partial charge on any atom is 0.337 e. The molecule has 2 aliphatic rings. The number of aromatic nitrogens is 1. The second kappa shape index (κ2) is 15.4. The van der Waals surface area contributed by atoms with Gasteiger partial charge in [-0.3, -0.25) is 4.98 Å². The van der Waals surface area contributed by atoms with Crippen LogP contribution < -0.4 is 15.0 Å². The first-order valence-electron chi connectivity index (χ1n) is 17.7. The van der Waals surface area contributed by atoms with Crippen molar-refractivity contribution in [3.63, 3.8) is 0 Å². The predicted octanol–water partition coefficient (Wildman–Crippen LogP) is 8.66. The number of aliphatic carboxylic acids is 1. The Labute approximate surface area is 286 Å². The van der Waals surface area contributed by atoms with Gasteiger partial charge in [-0.05, 0) is 100 Å². The number of carbonyl (C=O) groups is 1. The molecule has 0 amide bonds. The first kappa shape index (κ1) is 35.8. The average molecular weight is 660 g/mol. The Hall–Kier alpha value is -3.49. The molecule has 2 aromatic carbocycles. The molecule has 48 heavy (non-hydrogen) atoms. The summed E-state index contributed by atoms with van der Waals surface area (Å²) in [7, 11) is 0. The number of halogens is 1. The lowest BCUT2D eigenvalue weighted by molar-refractivity contribution is -0.160. The number of rotatable bonds is 14. The number of piperidine rings is 1. The van der Waals surface area contributed by atoms with E-state index in [-0.39, 0.29) is 11.2 Å². The summed E-state index contributed by atoms with van der Waals surface area (Å²) in [5.74, 6) is 0.282. The maximum atomic E-state index is 13.3. The fourth-order valence-corrected chi connectivity index (χ4v) is 6.71. The molecular weight excluding hydrogens is 605 g/mol. The van der Waals surface area contributed by atoms with Gasteiger partial charge in [0.1, 0.15) is 11.6 Å². The second-order valence-corrected chi connectivity index (χ2v) is 15.4. The van der Waals surface area contributed by atoms with Crippen molar-refractivity contribution >= 4 is 11.7 Å². The zero-order valence-electron chi connectivity index (χ0n) is 29.7. The SMILES string of the molecule is Cc1nc(CNCCC2CCC2)c(-c2ccc(OCCc3ccc(F)cc3)cc2)c(N2CCC(C)(C)CC2)c1[C@H](OC(C)(C)C)C(=O)O. The molecule has 0 spiro atoms. The van der Waals surface area contributed by atoms with Gasteiger partial charge in [-0.15, -0.1) is 0 Å². The summed E-state index contributed by atoms with van der Waals surface area (Å²) in [6.45, 7) is 15.8. The van der Waals surface area contributed by atoms with Gasteiger partial charge >= 0.3 is 5.97 Å². The van der Waals surface area contributed by atoms with Gasteiger partial charge in [-0.2, -0.15) is 0 Å². The summed E-state index contributed by atoms with van der Waals surface area (Å²) in [5.41, 5.74) is 5.61. The molecule has 0 bridgehead atoms. The Morgan fingerprint density at radius 2 is 1.75 bits per heavy atom. The van der Waals surface area contributed by atoms with Gasteiger partial charge in [0, 0.05) is 42.9 Å². The first-order chi connectivity index (χ1) is 22.8. The van der Waals surface area contributed by atoms with Crippen LogP contribution in [0.3, 0.4) is 0 Å². The number of benzene rings is 2. The van der Waals surface area contributed by atoms with Crippen molar-refractivity contribution in [3.05, 3.63) is 76.9 Å². The van der Waals surface area contributed by atoms with Gasteiger partial charge in [-0.1, -0.05) is 57.4 Å². The predicted molar refractivity (Wildman–Crippen MR) is 190 cm³/mol. The van der Waals surface area contributed by atoms with Crippen molar-refractivity contribution in [2.24, 2.45) is 11.3 Å². The number of nitrogens with one attached hydrogen (secondary N) is 1. The third-order valence-electron chi connectivity index (χ3n) is 9.83. The highest BCUT2D eigenvalue weighted by Crippen LogP contribution is 2.45. The Morgan fingerprint density at radius 3 is 2.33 bits per heavy atom. The molecule has 2 heterocycles. The van der Waals surface area contributed by atoms with E-state index in [1.165, 1.54) is 31.4 Å². The van der Waals surface area contributed by atoms with Crippen LogP contribution in [-0.4, -0.2) is 47.9 Å². The molecule has 1 atom stereocenters. The number of aryl methyl sites for hydroxylation is 1. The summed E-state index contributed by atoms with van der Waals surface area (Å²) >= 11 is 0. The van der Waals surface area contributed by atoms with E-state index in [1.54, 1.807) is 12.1 Å². The van der Waals surface area contributed by atoms with Crippen LogP contribution in [0.2, 0.25) is 0 Å². The van der Waals surface area contributed by atoms with E-state index >= 15 is 0 Å². The van der Waals surface area contributed by atoms with Gasteiger partial charge in [0.05, 0.1) is 23.6 Å². The fraction of sp³-hybridized carbons (Fsp3) is 0.550. The number of pyridine rings is 1. The van der Waals surface area contributed by atoms with Crippen LogP contribution in [0.15, 0.2) is 48.5 Å². The van der Waals surface area contributed by atoms with Crippen molar-refractivity contribution in [1.82, 2.24) is 10.3 Å². The number of hydrogen-bond acceptors (Lipinski definition) is 6. The molecule has 1 aromatic heterocycles. The average Bonchev–Trinajstić information content (AvgIpc) is 3.00. The fourth-order valence-electron chi connectivity index (χ4n) is 6.71. The number of hydrogen-bond donors (Lipinski definition) is 2. The zero-order chi connectivity index (χ0) is 34.5. The van der Waals surface area contributed by atoms with Gasteiger partial charge < -0.3 is 24.8 Å². The van der Waals surface area contributed by atoms with E-state index in [0.29, 0.717) is 30.8 Å². The van der Waals surface area contributed by atoms with Crippen LogP contribution >= 0.6 is 0 Å². The summed E-state index contributed by atoms with van der Waals surface area (Å²) in [4.78, 5) is 20.5. The molecule has 1 aliphatic carbocycles. The highest BCUT2D eigenvalue weighted by atomic mass is 19.1. The molecule has 1 saturated carbocycles. The van der Waals surface area contributed by atoms with E-state index in [2.05, 4.69) is 36.2 Å². The Bertz CT molecular complexity index is 1520. The minimum atomic E-state index is -1.17. The first-order valence-corrected chi connectivity index (χ1v) is 17.7. The van der Waals surface area contributed by atoms with Crippen molar-refractivity contribution in [2.75, 3.05) is 31.1 Å². The van der Waals surface area contributed by atoms with Crippen LogP contribution in [0.5, 0.6) is 5.75 Å². The van der Waals surface area contributed by atoms with Crippen LogP contribution in [0.4, 0.5) is 10.1 Å². The Morgan fingerprint density at radius 1 is 1.08 bits per heavy atom. The standard InChI is InChI=1S/C40H54FN3O4/c1-27-34(37(38(45)46)48-39(2,3)4)36(44-23-20-40(5,6)21-24-44)35(33(43-27)26-42-22-18-28-8-7-9-28)30-12-16-32(17-13-30)47-25-19-29-10-14-31(41)15-11-29/h10-17,28,37,42H,7-9,18-26H2,1-6H3,(H,45,46)/t37-/m0/s1. The third kappa shape index (κ3) is 9.35. The molecule has 3 aromatic rings. The zero-order valence-corrected chi connectivity index (χ0v) is 29.7. The van der Waals surface area contributed by atoms with E-state index in [1.807, 2.05) is 39.8 Å². The van der Waals surface area contributed by atoms with Crippen molar-refractivity contribution in [1.29, 1.82) is 0 Å². The smallest absolute Gasteiger partial charge is 0.337 e. The van der Waals surface area contributed by atoms with Gasteiger partial charge in [0.25, 0.3) is 0 Å². The second-order valence-electron chi connectivity index (χ2n) is 15.4. The molecule has 0 unspecified atom stereocenters. The normalized spacial score (nSPS) is 17.2. The molecule has 1 saturated heterocycles. The number of carboxylic acids is 1. The Kier molecular flexibility index (Phi) is 11.5. The van der Waals surface area contributed by atoms with Crippen molar-refractivity contribution in [2.45, 2.75) is 105 Å². The van der Waals surface area contributed by atoms with Gasteiger partial charge in [0.15, 0.2) is 6.10 Å². The van der Waals surface area contributed by atoms with E-state index in [0.717, 1.165) is 78.6 Å². The topological polar surface area (TPSA) is 83.9 Å². The molecule has 5 rings (SSSR count). The Balaban J connectivity index is 1.53. The molecule has 1 aliphatic heterocycles. The lowest BCUT2D eigenvalue weighted by atomic mass is 9.81. The molecular formula is C40H54FN3O4. The summed E-state index contributed by atoms with van der Waals surface area (Å²) in [6, 6.07) is 14.5. The van der Waals surface area contributed by atoms with Crippen LogP contribution in [0.1, 0.15) is 102 Å². The van der Waals surface area contributed by atoms with Gasteiger partial charge in [-0.25, -0.2) is 9.18 Å². The minimum Gasteiger partial charge on any atom is -0.493 e. The van der Waals surface area contributed by atoms with Crippen molar-refractivity contribution < 1.29 is 23.8 Å². The molecule has 8 heteroatoms. The van der Waals surface area contributed by atoms with Crippen LogP contribution in [0.25, 0.3) is 11.1 Å². The lowest BCUT2D eigenvalue weighted by Crippen LogP contribution is -2.39. The molecule has 2 N–H and O–H groups in total. The summed E-state index contributed by atoms with van der Waals surface area (Å²) in [6.07, 6.45) is 6.63. The van der Waals surface area contributed by atoms with E-state index in [4.69, 9.17) is 14.5 Å². The monoisotopic (exact) mass is 659 g/mol. The largest absolute Gasteiger partial charge is 0.493 e. The van der Waals surface area contributed by atoms with E-state index in [9.17, 15) is 14.3 Å². The molecule has 2 fully saturated rings. The molecule has 260 valence electrons. The van der Waals surface area contributed by atoms with E-state index < -0.39 is 17.7 Å². The molecule has 7 nitrogen and oxygen atoms in total. The summed E-state index contributed by atoms with van der Waals surface area (Å²) in [5, 5.41) is 14.3. The molecule has 0 radical (unpaired) electrons. The quantitative estimate of drug-likeness (QED) is 0.168. The summed E-state index contributed by atoms with van der Waals surface area (Å²) < 4.78 is 25.7. The number of anilines is 1. The highest BCUT2D eigenvalue weighted by Gasteiger charge is 2.37. The van der Waals surface area contributed by atoms with Crippen LogP contribution in [0, 0.1) is 24.1 Å². The number of ether oxygens (including phenoxy) is 2. The number of nitrogens with zero attached hydrogens (tertiary/aromatic N) is 2. The third-order valence-corrected chi connectivity index (χ3v) is 9.83. The maximum absolute atomic E-state index is 13.3. The van der Waals surface area contributed by atoms with Gasteiger partial charge in [0.2, 0.25) is 0 Å². The minimum absolute atomic E-state index is 0.214. The highest BCUT2D eigenvalue weighted by molar-refractivity contribution is 5.88.